The second kappa shape index (κ2) is 15.8. The first-order chi connectivity index (χ1) is 19.6. The zero-order valence-electron chi connectivity index (χ0n) is 25.2. The van der Waals surface area contributed by atoms with Gasteiger partial charge in [-0.1, -0.05) is 56.3 Å². The van der Waals surface area contributed by atoms with Gasteiger partial charge in [0.15, 0.2) is 0 Å². The minimum Gasteiger partial charge on any atom is -0.489 e. The molecule has 11 nitrogen and oxygen atoms in total. The van der Waals surface area contributed by atoms with Crippen molar-refractivity contribution in [1.29, 1.82) is 0 Å². The summed E-state index contributed by atoms with van der Waals surface area (Å²) in [5.74, 6) is -1.61. The molecular formula is C31H44N4O7. The van der Waals surface area contributed by atoms with E-state index in [2.05, 4.69) is 16.0 Å². The van der Waals surface area contributed by atoms with Crippen LogP contribution in [0.5, 0.6) is 5.75 Å². The van der Waals surface area contributed by atoms with Crippen molar-refractivity contribution in [1.82, 2.24) is 16.0 Å². The van der Waals surface area contributed by atoms with Crippen LogP contribution in [-0.4, -0.2) is 58.8 Å². The van der Waals surface area contributed by atoms with Gasteiger partial charge in [-0.15, -0.1) is 0 Å². The van der Waals surface area contributed by atoms with Crippen LogP contribution in [0, 0.1) is 5.92 Å². The van der Waals surface area contributed by atoms with Crippen molar-refractivity contribution >= 4 is 23.8 Å². The van der Waals surface area contributed by atoms with E-state index in [0.29, 0.717) is 17.9 Å². The Morgan fingerprint density at radius 1 is 0.833 bits per heavy atom. The number of ether oxygens (including phenoxy) is 2. The number of hydrogen-bond acceptors (Lipinski definition) is 7. The zero-order chi connectivity index (χ0) is 31.4. The maximum absolute atomic E-state index is 13.4. The molecule has 2 aromatic carbocycles. The Labute approximate surface area is 247 Å². The van der Waals surface area contributed by atoms with Crippen molar-refractivity contribution in [3.05, 3.63) is 65.7 Å². The highest BCUT2D eigenvalue weighted by molar-refractivity contribution is 5.94. The molecule has 0 heterocycles. The first-order valence-electron chi connectivity index (χ1n) is 14.0. The van der Waals surface area contributed by atoms with E-state index in [4.69, 9.17) is 15.2 Å². The van der Waals surface area contributed by atoms with Gasteiger partial charge in [0.05, 0.1) is 6.10 Å². The van der Waals surface area contributed by atoms with E-state index in [1.807, 2.05) is 44.2 Å². The number of alkyl carbamates (subject to hydrolysis) is 1. The minimum absolute atomic E-state index is 0.0286. The van der Waals surface area contributed by atoms with E-state index < -0.39 is 53.6 Å². The highest BCUT2D eigenvalue weighted by atomic mass is 16.6. The van der Waals surface area contributed by atoms with Crippen LogP contribution in [0.3, 0.4) is 0 Å². The Morgan fingerprint density at radius 2 is 1.43 bits per heavy atom. The first-order valence-corrected chi connectivity index (χ1v) is 14.0. The number of amides is 4. The number of primary amides is 1. The highest BCUT2D eigenvalue weighted by Gasteiger charge is 2.32. The van der Waals surface area contributed by atoms with Gasteiger partial charge < -0.3 is 36.3 Å². The summed E-state index contributed by atoms with van der Waals surface area (Å²) in [6.07, 6.45) is -1.70. The smallest absolute Gasteiger partial charge is 0.408 e. The molecule has 230 valence electrons. The Kier molecular flexibility index (Phi) is 12.8. The van der Waals surface area contributed by atoms with Crippen molar-refractivity contribution < 1.29 is 33.8 Å². The van der Waals surface area contributed by atoms with Crippen LogP contribution in [0.25, 0.3) is 0 Å². The van der Waals surface area contributed by atoms with Gasteiger partial charge in [-0.25, -0.2) is 4.79 Å². The molecule has 0 aliphatic rings. The summed E-state index contributed by atoms with van der Waals surface area (Å²) >= 11 is 0. The Balaban J connectivity index is 2.23. The van der Waals surface area contributed by atoms with Gasteiger partial charge in [0, 0.05) is 6.42 Å². The monoisotopic (exact) mass is 584 g/mol. The summed E-state index contributed by atoms with van der Waals surface area (Å²) < 4.78 is 11.1. The van der Waals surface area contributed by atoms with Crippen molar-refractivity contribution in [3.63, 3.8) is 0 Å². The molecule has 6 N–H and O–H groups in total. The minimum atomic E-state index is -1.36. The van der Waals surface area contributed by atoms with E-state index >= 15 is 0 Å². The summed E-state index contributed by atoms with van der Waals surface area (Å²) in [5.41, 5.74) is 6.29. The van der Waals surface area contributed by atoms with Crippen LogP contribution >= 0.6 is 0 Å². The van der Waals surface area contributed by atoms with Crippen molar-refractivity contribution in [3.8, 4) is 5.75 Å². The van der Waals surface area contributed by atoms with Gasteiger partial charge in [-0.3, -0.25) is 14.4 Å². The molecule has 0 saturated heterocycles. The average Bonchev–Trinajstić information content (AvgIpc) is 2.89. The third-order valence-electron chi connectivity index (χ3n) is 6.05. The summed E-state index contributed by atoms with van der Waals surface area (Å²) in [7, 11) is 0. The number of carbonyl (C=O) groups excluding carboxylic acids is 4. The lowest BCUT2D eigenvalue weighted by molar-refractivity contribution is -0.133. The lowest BCUT2D eigenvalue weighted by Gasteiger charge is -2.27. The largest absolute Gasteiger partial charge is 0.489 e. The Hall–Kier alpha value is -4.12. The molecular weight excluding hydrogens is 540 g/mol. The average molecular weight is 585 g/mol. The van der Waals surface area contributed by atoms with Gasteiger partial charge in [-0.2, -0.15) is 0 Å². The molecule has 0 spiro atoms. The Bertz CT molecular complexity index is 1180. The SMILES string of the molecule is CC(C)C[C@@H](NC(=O)OC(C)(C)C)C(=O)N[C@H](Cc1ccc(OCc2ccccc2)cc1)C(=O)N[C@H](C(N)=O)[C@@H](C)O. The number of hydrogen-bond donors (Lipinski definition) is 5. The van der Waals surface area contributed by atoms with E-state index in [0.717, 1.165) is 5.56 Å². The highest BCUT2D eigenvalue weighted by Crippen LogP contribution is 2.16. The third-order valence-corrected chi connectivity index (χ3v) is 6.05. The standard InChI is InChI=1S/C31H44N4O7/c1-19(2)16-24(34-30(40)42-31(4,5)6)28(38)33-25(29(39)35-26(20(3)36)27(32)37)17-21-12-14-23(15-13-21)41-18-22-10-8-7-9-11-22/h7-15,19-20,24-26,36H,16-18H2,1-6H3,(H2,32,37)(H,33,38)(H,34,40)(H,35,39)/t20-,24-,25-,26+/m1/s1. The maximum Gasteiger partial charge on any atom is 0.408 e. The van der Waals surface area contributed by atoms with Crippen molar-refractivity contribution in [2.45, 2.75) is 90.8 Å². The number of aliphatic hydroxyl groups excluding tert-OH is 1. The first kappa shape index (κ1) is 34.1. The number of benzene rings is 2. The predicted molar refractivity (Wildman–Crippen MR) is 158 cm³/mol. The topological polar surface area (TPSA) is 169 Å². The fourth-order valence-electron chi connectivity index (χ4n) is 4.02. The second-order valence-electron chi connectivity index (χ2n) is 11.6. The number of aliphatic hydroxyl groups is 1. The molecule has 0 aliphatic carbocycles. The number of carbonyl (C=O) groups is 4. The van der Waals surface area contributed by atoms with Gasteiger partial charge in [0.25, 0.3) is 0 Å². The molecule has 2 aromatic rings. The van der Waals surface area contributed by atoms with Crippen LogP contribution in [-0.2, 0) is 32.1 Å². The van der Waals surface area contributed by atoms with Crippen LogP contribution in [0.15, 0.2) is 54.6 Å². The molecule has 0 fully saturated rings. The molecule has 11 heteroatoms. The molecule has 4 amide bonds. The van der Waals surface area contributed by atoms with Crippen LogP contribution < -0.4 is 26.4 Å². The van der Waals surface area contributed by atoms with Gasteiger partial charge >= 0.3 is 6.09 Å². The van der Waals surface area contributed by atoms with E-state index in [1.165, 1.54) is 6.92 Å². The second-order valence-corrected chi connectivity index (χ2v) is 11.6. The van der Waals surface area contributed by atoms with Gasteiger partial charge in [0.2, 0.25) is 17.7 Å². The normalized spacial score (nSPS) is 14.2. The molecule has 2 rings (SSSR count). The summed E-state index contributed by atoms with van der Waals surface area (Å²) in [4.78, 5) is 51.0. The van der Waals surface area contributed by atoms with E-state index in [9.17, 15) is 24.3 Å². The molecule has 0 bridgehead atoms. The number of nitrogens with one attached hydrogen (secondary N) is 3. The molecule has 0 radical (unpaired) electrons. The predicted octanol–water partition coefficient (Wildman–Crippen LogP) is 2.58. The lowest BCUT2D eigenvalue weighted by atomic mass is 10.0. The molecule has 0 saturated carbocycles. The number of rotatable bonds is 14. The summed E-state index contributed by atoms with van der Waals surface area (Å²) in [6, 6.07) is 13.2. The van der Waals surface area contributed by atoms with Crippen LogP contribution in [0.2, 0.25) is 0 Å². The van der Waals surface area contributed by atoms with Gasteiger partial charge in [0.1, 0.15) is 36.1 Å². The van der Waals surface area contributed by atoms with E-state index in [-0.39, 0.29) is 18.8 Å². The van der Waals surface area contributed by atoms with Crippen LogP contribution in [0.1, 0.15) is 59.1 Å². The zero-order valence-corrected chi connectivity index (χ0v) is 25.2. The van der Waals surface area contributed by atoms with E-state index in [1.54, 1.807) is 45.0 Å². The van der Waals surface area contributed by atoms with Gasteiger partial charge in [-0.05, 0) is 63.3 Å². The lowest BCUT2D eigenvalue weighted by Crippen LogP contribution is -2.59. The Morgan fingerprint density at radius 3 is 1.95 bits per heavy atom. The molecule has 0 unspecified atom stereocenters. The third kappa shape index (κ3) is 12.2. The molecule has 42 heavy (non-hydrogen) atoms. The molecule has 0 aromatic heterocycles. The summed E-state index contributed by atoms with van der Waals surface area (Å²) in [5, 5.41) is 17.7. The fourth-order valence-corrected chi connectivity index (χ4v) is 4.02. The fraction of sp³-hybridized carbons (Fsp3) is 0.484. The summed E-state index contributed by atoms with van der Waals surface area (Å²) in [6.45, 7) is 10.6. The maximum atomic E-state index is 13.4. The molecule has 0 aliphatic heterocycles. The van der Waals surface area contributed by atoms with Crippen molar-refractivity contribution in [2.24, 2.45) is 11.7 Å². The van der Waals surface area contributed by atoms with Crippen molar-refractivity contribution in [2.75, 3.05) is 0 Å². The number of nitrogens with two attached hydrogens (primary N) is 1. The van der Waals surface area contributed by atoms with Crippen LogP contribution in [0.4, 0.5) is 4.79 Å². The molecule has 4 atom stereocenters. The quantitative estimate of drug-likeness (QED) is 0.227.